The van der Waals surface area contributed by atoms with E-state index in [-0.39, 0.29) is 23.4 Å². The quantitative estimate of drug-likeness (QED) is 0.328. The molecule has 0 unspecified atom stereocenters. The monoisotopic (exact) mass is 497 g/mol. The highest BCUT2D eigenvalue weighted by Gasteiger charge is 2.29. The normalized spacial score (nSPS) is 16.3. The largest absolute Gasteiger partial charge is 0.355 e. The van der Waals surface area contributed by atoms with Gasteiger partial charge in [-0.1, -0.05) is 18.2 Å². The van der Waals surface area contributed by atoms with E-state index in [2.05, 4.69) is 27.0 Å². The van der Waals surface area contributed by atoms with Crippen LogP contribution in [0.3, 0.4) is 0 Å². The number of H-pyrrole nitrogens is 1. The summed E-state index contributed by atoms with van der Waals surface area (Å²) in [4.78, 5) is 30.9. The zero-order chi connectivity index (χ0) is 25.3. The number of ketones is 2. The summed E-state index contributed by atoms with van der Waals surface area (Å²) in [6.45, 7) is 11.0. The van der Waals surface area contributed by atoms with Crippen LogP contribution < -0.4 is 0 Å². The van der Waals surface area contributed by atoms with Gasteiger partial charge in [-0.05, 0) is 90.4 Å². The first kappa shape index (κ1) is 25.3. The van der Waals surface area contributed by atoms with Crippen LogP contribution in [0.1, 0.15) is 84.0 Å². The van der Waals surface area contributed by atoms with E-state index in [1.165, 1.54) is 37.2 Å². The van der Waals surface area contributed by atoms with E-state index in [0.717, 1.165) is 37.4 Å². The Morgan fingerprint density at radius 3 is 2.31 bits per heavy atom. The summed E-state index contributed by atoms with van der Waals surface area (Å²) < 4.78 is 15.6. The molecule has 0 bridgehead atoms. The van der Waals surface area contributed by atoms with Gasteiger partial charge in [0.05, 0.1) is 17.0 Å². The van der Waals surface area contributed by atoms with E-state index in [0.29, 0.717) is 27.7 Å². The van der Waals surface area contributed by atoms with Gasteiger partial charge in [0, 0.05) is 16.9 Å². The lowest BCUT2D eigenvalue weighted by Crippen LogP contribution is -2.33. The lowest BCUT2D eigenvalue weighted by Gasteiger charge is -2.32. The zero-order valence-corrected chi connectivity index (χ0v) is 21.7. The van der Waals surface area contributed by atoms with Gasteiger partial charge in [-0.15, -0.1) is 10.2 Å². The Morgan fingerprint density at radius 2 is 1.71 bits per heavy atom. The molecule has 0 amide bonds. The van der Waals surface area contributed by atoms with Crippen LogP contribution in [0.25, 0.3) is 5.69 Å². The van der Waals surface area contributed by atoms with Crippen LogP contribution in [-0.2, 0) is 0 Å². The van der Waals surface area contributed by atoms with Crippen LogP contribution >= 0.6 is 11.8 Å². The number of nitrogens with zero attached hydrogens (tertiary/aromatic N) is 4. The average molecular weight is 498 g/mol. The third-order valence-electron chi connectivity index (χ3n) is 6.74. The van der Waals surface area contributed by atoms with Crippen LogP contribution in [0.2, 0.25) is 0 Å². The Morgan fingerprint density at radius 1 is 1.06 bits per heavy atom. The number of Topliss-reactive ketones (excluding diaryl/α,β-unsaturated/α-hetero) is 2. The molecule has 0 aliphatic carbocycles. The lowest BCUT2D eigenvalue weighted by atomic mass is 10.0. The number of piperidine rings is 1. The molecule has 0 radical (unpaired) electrons. The first-order valence-electron chi connectivity index (χ1n) is 12.0. The molecule has 1 aliphatic heterocycles. The van der Waals surface area contributed by atoms with E-state index in [1.54, 1.807) is 26.0 Å². The first-order valence-corrected chi connectivity index (χ1v) is 12.9. The van der Waals surface area contributed by atoms with Crippen molar-refractivity contribution in [1.82, 2.24) is 24.6 Å². The summed E-state index contributed by atoms with van der Waals surface area (Å²) in [5.41, 5.74) is 3.14. The fourth-order valence-electron chi connectivity index (χ4n) is 4.87. The number of nitrogens with one attached hydrogen (secondary N) is 1. The molecule has 4 rings (SSSR count). The summed E-state index contributed by atoms with van der Waals surface area (Å²) in [6, 6.07) is 6.28. The van der Waals surface area contributed by atoms with Crippen molar-refractivity contribution in [1.29, 1.82) is 0 Å². The molecular weight excluding hydrogens is 465 g/mol. The molecule has 7 nitrogen and oxygen atoms in total. The molecule has 1 N–H and O–H groups in total. The second-order valence-electron chi connectivity index (χ2n) is 9.23. The summed E-state index contributed by atoms with van der Waals surface area (Å²) in [6.07, 6.45) is 3.54. The summed E-state index contributed by atoms with van der Waals surface area (Å²) in [5, 5.41) is 9.08. The number of benzene rings is 1. The third kappa shape index (κ3) is 5.11. The molecule has 3 aromatic rings. The number of likely N-dealkylation sites (tertiary alicyclic amines) is 1. The molecule has 0 spiro atoms. The predicted molar refractivity (Wildman–Crippen MR) is 135 cm³/mol. The Kier molecular flexibility index (Phi) is 7.56. The minimum absolute atomic E-state index is 0.0274. The summed E-state index contributed by atoms with van der Waals surface area (Å²) >= 11 is 1.31. The van der Waals surface area contributed by atoms with Gasteiger partial charge < -0.3 is 4.98 Å². The van der Waals surface area contributed by atoms with Gasteiger partial charge in [0.15, 0.2) is 22.5 Å². The smallest absolute Gasteiger partial charge is 0.196 e. The number of aromatic amines is 1. The van der Waals surface area contributed by atoms with Gasteiger partial charge in [0.25, 0.3) is 0 Å². The maximum atomic E-state index is 13.7. The van der Waals surface area contributed by atoms with Gasteiger partial charge in [0.2, 0.25) is 0 Å². The number of carbonyl (C=O) groups is 2. The number of hydrogen-bond donors (Lipinski definition) is 1. The summed E-state index contributed by atoms with van der Waals surface area (Å²) in [5.74, 6) is 0.279. The molecular formula is C26H32FN5O2S. The number of rotatable bonds is 8. The molecule has 2 aromatic heterocycles. The Hall–Kier alpha value is -2.78. The Balaban J connectivity index is 1.67. The van der Waals surface area contributed by atoms with Gasteiger partial charge >= 0.3 is 0 Å². The molecule has 186 valence electrons. The van der Waals surface area contributed by atoms with Gasteiger partial charge in [-0.2, -0.15) is 0 Å². The Labute approximate surface area is 209 Å². The van der Waals surface area contributed by atoms with Crippen LogP contribution in [0, 0.1) is 19.7 Å². The molecule has 2 atom stereocenters. The number of aryl methyl sites for hydroxylation is 1. The maximum Gasteiger partial charge on any atom is 0.196 e. The second kappa shape index (κ2) is 10.5. The SMILES string of the molecule is CC(=O)c1c(C)[nH]c(C(=O)[C@@H](C)Sc2nnc([C@@H](C)N3CCCCC3)n2-c2ccc(F)cc2)c1C. The van der Waals surface area contributed by atoms with Crippen LogP contribution in [-0.4, -0.2) is 54.6 Å². The average Bonchev–Trinajstić information content (AvgIpc) is 3.39. The van der Waals surface area contributed by atoms with E-state index in [1.807, 2.05) is 11.5 Å². The molecule has 0 saturated carbocycles. The van der Waals surface area contributed by atoms with E-state index in [9.17, 15) is 14.0 Å². The van der Waals surface area contributed by atoms with E-state index < -0.39 is 5.25 Å². The highest BCUT2D eigenvalue weighted by Crippen LogP contribution is 2.32. The molecule has 9 heteroatoms. The highest BCUT2D eigenvalue weighted by atomic mass is 32.2. The first-order chi connectivity index (χ1) is 16.7. The maximum absolute atomic E-state index is 13.7. The van der Waals surface area contributed by atoms with Gasteiger partial charge in [-0.25, -0.2) is 4.39 Å². The van der Waals surface area contributed by atoms with Crippen molar-refractivity contribution in [2.45, 2.75) is 70.3 Å². The number of aromatic nitrogens is 4. The van der Waals surface area contributed by atoms with Crippen molar-refractivity contribution in [3.63, 3.8) is 0 Å². The molecule has 1 aromatic carbocycles. The lowest BCUT2D eigenvalue weighted by molar-refractivity contribution is 0.0988. The minimum Gasteiger partial charge on any atom is -0.355 e. The van der Waals surface area contributed by atoms with Gasteiger partial charge in [-0.3, -0.25) is 19.1 Å². The van der Waals surface area contributed by atoms with Crippen molar-refractivity contribution in [2.24, 2.45) is 0 Å². The molecule has 3 heterocycles. The number of thioether (sulfide) groups is 1. The van der Waals surface area contributed by atoms with Crippen LogP contribution in [0.15, 0.2) is 29.4 Å². The zero-order valence-electron chi connectivity index (χ0n) is 20.9. The molecule has 1 saturated heterocycles. The van der Waals surface area contributed by atoms with Crippen LogP contribution in [0.5, 0.6) is 0 Å². The predicted octanol–water partition coefficient (Wildman–Crippen LogP) is 5.46. The highest BCUT2D eigenvalue weighted by molar-refractivity contribution is 8.00. The van der Waals surface area contributed by atoms with Crippen LogP contribution in [0.4, 0.5) is 4.39 Å². The minimum atomic E-state index is -0.479. The van der Waals surface area contributed by atoms with Gasteiger partial charge in [0.1, 0.15) is 5.82 Å². The van der Waals surface area contributed by atoms with Crippen molar-refractivity contribution in [3.05, 3.63) is 58.4 Å². The van der Waals surface area contributed by atoms with Crippen molar-refractivity contribution >= 4 is 23.3 Å². The molecule has 1 aliphatic rings. The third-order valence-corrected chi connectivity index (χ3v) is 7.79. The number of hydrogen-bond acceptors (Lipinski definition) is 6. The molecule has 35 heavy (non-hydrogen) atoms. The van der Waals surface area contributed by atoms with E-state index in [4.69, 9.17) is 0 Å². The topological polar surface area (TPSA) is 83.9 Å². The standard InChI is InChI=1S/C26H32FN5O2S/c1-15-22(18(4)33)16(2)28-23(15)24(34)19(5)35-26-30-29-25(17(3)31-13-7-6-8-14-31)32(26)21-11-9-20(27)10-12-21/h9-12,17,19,28H,6-8,13-14H2,1-5H3/t17-,19-/m1/s1. The fourth-order valence-corrected chi connectivity index (χ4v) is 5.80. The second-order valence-corrected chi connectivity index (χ2v) is 10.5. The van der Waals surface area contributed by atoms with Crippen molar-refractivity contribution in [2.75, 3.05) is 13.1 Å². The number of halogens is 1. The van der Waals surface area contributed by atoms with Crippen molar-refractivity contribution in [3.8, 4) is 5.69 Å². The number of carbonyl (C=O) groups excluding carboxylic acids is 2. The van der Waals surface area contributed by atoms with E-state index >= 15 is 0 Å². The van der Waals surface area contributed by atoms with Crippen molar-refractivity contribution < 1.29 is 14.0 Å². The fraction of sp³-hybridized carbons (Fsp3) is 0.462. The molecule has 1 fully saturated rings. The summed E-state index contributed by atoms with van der Waals surface area (Å²) in [7, 11) is 0. The Bertz CT molecular complexity index is 1230.